The quantitative estimate of drug-likeness (QED) is 0.438. The maximum atomic E-state index is 10.6. The van der Waals surface area contributed by atoms with Crippen LogP contribution in [0.5, 0.6) is 11.5 Å². The van der Waals surface area contributed by atoms with Gasteiger partial charge in [0.1, 0.15) is 30.0 Å². The summed E-state index contributed by atoms with van der Waals surface area (Å²) >= 11 is 0. The second-order valence-electron chi connectivity index (χ2n) is 7.95. The molecule has 0 spiro atoms. The standard InChI is InChI=1S/C26H33NO4/c1-4-13-29-24-11-8-22(9-12-24)16-27(18-26-6-5-14-30-26)17-23(28)19-31-25-10-7-20(2)21(3)15-25/h5-12,14-15,23,28H,4,13,16-19H2,1-3H3. The number of aryl methyl sites for hydroxylation is 2. The van der Waals surface area contributed by atoms with Crippen LogP contribution in [0.15, 0.2) is 65.3 Å². The Labute approximate surface area is 185 Å². The second-order valence-corrected chi connectivity index (χ2v) is 7.95. The average Bonchev–Trinajstić information content (AvgIpc) is 3.27. The van der Waals surface area contributed by atoms with Gasteiger partial charge in [-0.25, -0.2) is 0 Å². The lowest BCUT2D eigenvalue weighted by Crippen LogP contribution is -2.35. The Bertz CT molecular complexity index is 906. The Kier molecular flexibility index (Phi) is 8.56. The van der Waals surface area contributed by atoms with Crippen molar-refractivity contribution in [3.8, 4) is 11.5 Å². The van der Waals surface area contributed by atoms with Crippen LogP contribution in [0, 0.1) is 13.8 Å². The molecule has 0 bridgehead atoms. The molecule has 0 aliphatic carbocycles. The highest BCUT2D eigenvalue weighted by Crippen LogP contribution is 2.18. The highest BCUT2D eigenvalue weighted by atomic mass is 16.5. The first-order valence-corrected chi connectivity index (χ1v) is 10.9. The smallest absolute Gasteiger partial charge is 0.119 e. The number of furan rings is 1. The summed E-state index contributed by atoms with van der Waals surface area (Å²) in [5.74, 6) is 2.53. The lowest BCUT2D eigenvalue weighted by molar-refractivity contribution is 0.0604. The molecule has 166 valence electrons. The van der Waals surface area contributed by atoms with E-state index in [0.717, 1.165) is 35.9 Å². The largest absolute Gasteiger partial charge is 0.494 e. The van der Waals surface area contributed by atoms with E-state index in [-0.39, 0.29) is 6.61 Å². The first kappa shape index (κ1) is 22.9. The molecule has 1 N–H and O–H groups in total. The summed E-state index contributed by atoms with van der Waals surface area (Å²) in [4.78, 5) is 2.16. The number of hydrogen-bond donors (Lipinski definition) is 1. The molecule has 1 atom stereocenters. The summed E-state index contributed by atoms with van der Waals surface area (Å²) in [5.41, 5.74) is 3.55. The van der Waals surface area contributed by atoms with Crippen LogP contribution in [-0.4, -0.2) is 35.9 Å². The van der Waals surface area contributed by atoms with Gasteiger partial charge < -0.3 is 19.0 Å². The lowest BCUT2D eigenvalue weighted by atomic mass is 10.1. The first-order valence-electron chi connectivity index (χ1n) is 10.9. The Hall–Kier alpha value is -2.76. The van der Waals surface area contributed by atoms with Gasteiger partial charge in [0, 0.05) is 13.1 Å². The minimum absolute atomic E-state index is 0.237. The number of benzene rings is 2. The van der Waals surface area contributed by atoms with E-state index in [1.54, 1.807) is 6.26 Å². The van der Waals surface area contributed by atoms with Gasteiger partial charge in [0.2, 0.25) is 0 Å². The number of hydrogen-bond acceptors (Lipinski definition) is 5. The first-order chi connectivity index (χ1) is 15.0. The summed E-state index contributed by atoms with van der Waals surface area (Å²) in [6, 6.07) is 17.9. The highest BCUT2D eigenvalue weighted by molar-refractivity contribution is 5.33. The van der Waals surface area contributed by atoms with Gasteiger partial charge in [-0.2, -0.15) is 0 Å². The topological polar surface area (TPSA) is 55.1 Å². The number of ether oxygens (including phenoxy) is 2. The zero-order valence-corrected chi connectivity index (χ0v) is 18.7. The molecule has 0 amide bonds. The van der Waals surface area contributed by atoms with Gasteiger partial charge in [-0.05, 0) is 73.4 Å². The molecule has 0 saturated heterocycles. The van der Waals surface area contributed by atoms with Gasteiger partial charge in [-0.1, -0.05) is 25.1 Å². The maximum Gasteiger partial charge on any atom is 0.119 e. The van der Waals surface area contributed by atoms with Crippen molar-refractivity contribution in [3.63, 3.8) is 0 Å². The van der Waals surface area contributed by atoms with E-state index >= 15 is 0 Å². The van der Waals surface area contributed by atoms with Crippen LogP contribution < -0.4 is 9.47 Å². The van der Waals surface area contributed by atoms with E-state index in [2.05, 4.69) is 37.8 Å². The number of aliphatic hydroxyl groups excluding tert-OH is 1. The Morgan fingerprint density at radius 1 is 0.935 bits per heavy atom. The summed E-state index contributed by atoms with van der Waals surface area (Å²) in [6.07, 6.45) is 2.04. The van der Waals surface area contributed by atoms with Crippen molar-refractivity contribution in [3.05, 3.63) is 83.3 Å². The van der Waals surface area contributed by atoms with Crippen molar-refractivity contribution in [2.45, 2.75) is 46.4 Å². The molecule has 2 aromatic carbocycles. The fraction of sp³-hybridized carbons (Fsp3) is 0.385. The predicted octanol–water partition coefficient (Wildman–Crippen LogP) is 5.13. The summed E-state index contributed by atoms with van der Waals surface area (Å²) < 4.78 is 17.0. The van der Waals surface area contributed by atoms with E-state index in [1.165, 1.54) is 11.1 Å². The normalized spacial score (nSPS) is 12.2. The summed E-state index contributed by atoms with van der Waals surface area (Å²) in [6.45, 7) is 8.95. The maximum absolute atomic E-state index is 10.6. The van der Waals surface area contributed by atoms with E-state index in [9.17, 15) is 5.11 Å². The third kappa shape index (κ3) is 7.46. The van der Waals surface area contributed by atoms with Crippen molar-refractivity contribution >= 4 is 0 Å². The monoisotopic (exact) mass is 423 g/mol. The number of rotatable bonds is 12. The Balaban J connectivity index is 1.59. The molecule has 0 aliphatic rings. The number of aliphatic hydroxyl groups is 1. The molecule has 3 aromatic rings. The number of nitrogens with zero attached hydrogens (tertiary/aromatic N) is 1. The molecule has 3 rings (SSSR count). The van der Waals surface area contributed by atoms with Crippen LogP contribution in [0.2, 0.25) is 0 Å². The molecule has 0 fully saturated rings. The summed E-state index contributed by atoms with van der Waals surface area (Å²) in [5, 5.41) is 10.6. The predicted molar refractivity (Wildman–Crippen MR) is 122 cm³/mol. The van der Waals surface area contributed by atoms with Crippen molar-refractivity contribution in [2.75, 3.05) is 19.8 Å². The van der Waals surface area contributed by atoms with Crippen LogP contribution in [-0.2, 0) is 13.1 Å². The van der Waals surface area contributed by atoms with E-state index < -0.39 is 6.10 Å². The van der Waals surface area contributed by atoms with Crippen LogP contribution in [0.25, 0.3) is 0 Å². The van der Waals surface area contributed by atoms with Crippen molar-refractivity contribution in [1.29, 1.82) is 0 Å². The third-order valence-corrected chi connectivity index (χ3v) is 5.15. The molecular weight excluding hydrogens is 390 g/mol. The SMILES string of the molecule is CCCOc1ccc(CN(Cc2ccco2)CC(O)COc2ccc(C)c(C)c2)cc1. The average molecular weight is 424 g/mol. The van der Waals surface area contributed by atoms with Crippen LogP contribution in [0.1, 0.15) is 35.8 Å². The minimum Gasteiger partial charge on any atom is -0.494 e. The van der Waals surface area contributed by atoms with E-state index in [4.69, 9.17) is 13.9 Å². The van der Waals surface area contributed by atoms with Gasteiger partial charge in [0.05, 0.1) is 19.4 Å². The van der Waals surface area contributed by atoms with Crippen LogP contribution in [0.4, 0.5) is 0 Å². The Morgan fingerprint density at radius 3 is 2.39 bits per heavy atom. The molecule has 5 nitrogen and oxygen atoms in total. The van der Waals surface area contributed by atoms with Crippen LogP contribution in [0.3, 0.4) is 0 Å². The van der Waals surface area contributed by atoms with Gasteiger partial charge in [0.25, 0.3) is 0 Å². The van der Waals surface area contributed by atoms with Crippen molar-refractivity contribution in [2.24, 2.45) is 0 Å². The molecule has 0 aliphatic heterocycles. The lowest BCUT2D eigenvalue weighted by Gasteiger charge is -2.24. The molecule has 1 unspecified atom stereocenters. The fourth-order valence-corrected chi connectivity index (χ4v) is 3.32. The zero-order chi connectivity index (χ0) is 22.1. The minimum atomic E-state index is -0.622. The highest BCUT2D eigenvalue weighted by Gasteiger charge is 2.15. The summed E-state index contributed by atoms with van der Waals surface area (Å²) in [7, 11) is 0. The molecule has 5 heteroatoms. The molecule has 1 aromatic heterocycles. The van der Waals surface area contributed by atoms with Gasteiger partial charge >= 0.3 is 0 Å². The Morgan fingerprint density at radius 2 is 1.71 bits per heavy atom. The molecular formula is C26H33NO4. The fourth-order valence-electron chi connectivity index (χ4n) is 3.32. The molecule has 0 radical (unpaired) electrons. The third-order valence-electron chi connectivity index (χ3n) is 5.15. The molecule has 0 saturated carbocycles. The van der Waals surface area contributed by atoms with Gasteiger partial charge in [0.15, 0.2) is 0 Å². The second kappa shape index (κ2) is 11.6. The van der Waals surface area contributed by atoms with Crippen molar-refractivity contribution in [1.82, 2.24) is 4.90 Å². The van der Waals surface area contributed by atoms with E-state index in [0.29, 0.717) is 19.6 Å². The molecule has 31 heavy (non-hydrogen) atoms. The van der Waals surface area contributed by atoms with E-state index in [1.807, 2.05) is 42.5 Å². The van der Waals surface area contributed by atoms with Crippen molar-refractivity contribution < 1.29 is 19.0 Å². The molecule has 1 heterocycles. The van der Waals surface area contributed by atoms with Gasteiger partial charge in [-0.3, -0.25) is 4.90 Å². The van der Waals surface area contributed by atoms with Crippen LogP contribution >= 0.6 is 0 Å². The zero-order valence-electron chi connectivity index (χ0n) is 18.7. The van der Waals surface area contributed by atoms with Gasteiger partial charge in [-0.15, -0.1) is 0 Å².